The van der Waals surface area contributed by atoms with E-state index in [0.29, 0.717) is 0 Å². The van der Waals surface area contributed by atoms with E-state index in [2.05, 4.69) is 38.4 Å². The molecule has 0 aromatic carbocycles. The number of rotatable bonds is 7. The largest absolute Gasteiger partial charge is 0.354 e. The first-order valence-electron chi connectivity index (χ1n) is 9.79. The first-order chi connectivity index (χ1) is 12.1. The van der Waals surface area contributed by atoms with Crippen LogP contribution in [0.4, 0.5) is 0 Å². The average Bonchev–Trinajstić information content (AvgIpc) is 3.06. The Morgan fingerprint density at radius 2 is 2.04 bits per heavy atom. The van der Waals surface area contributed by atoms with E-state index in [9.17, 15) is 4.79 Å². The molecule has 0 radical (unpaired) electrons. The van der Waals surface area contributed by atoms with Crippen LogP contribution in [0.15, 0.2) is 11.6 Å². The number of nitrogens with zero attached hydrogens (tertiary/aromatic N) is 3. The number of fused-ring (bicyclic) bond motifs is 1. The van der Waals surface area contributed by atoms with Crippen molar-refractivity contribution in [3.63, 3.8) is 0 Å². The molecule has 2 N–H and O–H groups in total. The maximum atomic E-state index is 12.3. The molecule has 3 rings (SSSR count). The van der Waals surface area contributed by atoms with Gasteiger partial charge in [-0.1, -0.05) is 11.6 Å². The van der Waals surface area contributed by atoms with Gasteiger partial charge in [-0.3, -0.25) is 10.1 Å². The van der Waals surface area contributed by atoms with E-state index in [-0.39, 0.29) is 18.0 Å². The van der Waals surface area contributed by atoms with E-state index in [1.807, 2.05) is 6.92 Å². The van der Waals surface area contributed by atoms with Gasteiger partial charge in [-0.25, -0.2) is 0 Å². The fraction of sp³-hybridized carbons (Fsp3) is 0.737. The standard InChI is InChI=1S/C19H31N5O/c1-14(18-23-22-17-10-6-7-13-24(17)18)21-15(2)19(25)20-12-11-16-8-4-3-5-9-16/h8,14-15,21H,3-7,9-13H2,1-2H3,(H,20,25)/t14-,15+/m1/s1. The lowest BCUT2D eigenvalue weighted by Gasteiger charge is -2.22. The summed E-state index contributed by atoms with van der Waals surface area (Å²) in [6, 6.07) is -0.229. The molecule has 1 amide bonds. The van der Waals surface area contributed by atoms with Crippen molar-refractivity contribution in [3.8, 4) is 0 Å². The van der Waals surface area contributed by atoms with Crippen molar-refractivity contribution in [3.05, 3.63) is 23.3 Å². The molecule has 0 unspecified atom stereocenters. The molecule has 0 bridgehead atoms. The minimum atomic E-state index is -0.244. The summed E-state index contributed by atoms with van der Waals surface area (Å²) in [6.45, 7) is 5.69. The van der Waals surface area contributed by atoms with Crippen LogP contribution in [-0.2, 0) is 17.8 Å². The second kappa shape index (κ2) is 8.61. The number of amides is 1. The fourth-order valence-electron chi connectivity index (χ4n) is 3.81. The van der Waals surface area contributed by atoms with E-state index in [1.165, 1.54) is 44.1 Å². The SMILES string of the molecule is C[C@H](N[C@H](C)c1nnc2n1CCCC2)C(=O)NCCC1=CCCCC1. The van der Waals surface area contributed by atoms with E-state index in [0.717, 1.165) is 37.6 Å². The Morgan fingerprint density at radius 3 is 2.84 bits per heavy atom. The summed E-state index contributed by atoms with van der Waals surface area (Å²) < 4.78 is 2.21. The van der Waals surface area contributed by atoms with Gasteiger partial charge in [-0.05, 0) is 58.8 Å². The molecular weight excluding hydrogens is 314 g/mol. The quantitative estimate of drug-likeness (QED) is 0.745. The minimum absolute atomic E-state index is 0.0150. The highest BCUT2D eigenvalue weighted by Gasteiger charge is 2.23. The van der Waals surface area contributed by atoms with Crippen LogP contribution in [0.1, 0.15) is 76.5 Å². The molecule has 138 valence electrons. The van der Waals surface area contributed by atoms with Gasteiger partial charge >= 0.3 is 0 Å². The monoisotopic (exact) mass is 345 g/mol. The summed E-state index contributed by atoms with van der Waals surface area (Å²) in [6.07, 6.45) is 11.7. The smallest absolute Gasteiger partial charge is 0.236 e. The van der Waals surface area contributed by atoms with Gasteiger partial charge in [0.1, 0.15) is 11.6 Å². The molecule has 1 aliphatic heterocycles. The van der Waals surface area contributed by atoms with Crippen LogP contribution in [0.3, 0.4) is 0 Å². The van der Waals surface area contributed by atoms with E-state index >= 15 is 0 Å². The Bertz CT molecular complexity index is 621. The summed E-state index contributed by atoms with van der Waals surface area (Å²) in [4.78, 5) is 12.3. The van der Waals surface area contributed by atoms with Crippen molar-refractivity contribution in [2.24, 2.45) is 0 Å². The molecule has 0 saturated carbocycles. The number of allylic oxidation sites excluding steroid dienone is 1. The van der Waals surface area contributed by atoms with Crippen LogP contribution >= 0.6 is 0 Å². The molecule has 6 nitrogen and oxygen atoms in total. The normalized spacial score (nSPS) is 19.7. The van der Waals surface area contributed by atoms with Gasteiger partial charge in [-0.2, -0.15) is 0 Å². The second-order valence-corrected chi connectivity index (χ2v) is 7.34. The molecule has 0 saturated heterocycles. The number of carbonyl (C=O) groups excluding carboxylic acids is 1. The molecule has 2 heterocycles. The van der Waals surface area contributed by atoms with Gasteiger partial charge in [0, 0.05) is 19.5 Å². The van der Waals surface area contributed by atoms with Crippen LogP contribution < -0.4 is 10.6 Å². The molecule has 6 heteroatoms. The highest BCUT2D eigenvalue weighted by Crippen LogP contribution is 2.20. The summed E-state index contributed by atoms with van der Waals surface area (Å²) in [7, 11) is 0. The summed E-state index contributed by atoms with van der Waals surface area (Å²) >= 11 is 0. The maximum absolute atomic E-state index is 12.3. The first kappa shape index (κ1) is 18.1. The van der Waals surface area contributed by atoms with Crippen molar-refractivity contribution in [2.45, 2.75) is 83.8 Å². The summed E-state index contributed by atoms with van der Waals surface area (Å²) in [5.41, 5.74) is 1.50. The van der Waals surface area contributed by atoms with Gasteiger partial charge < -0.3 is 9.88 Å². The third kappa shape index (κ3) is 4.69. The Kier molecular flexibility index (Phi) is 6.24. The Hall–Kier alpha value is -1.69. The van der Waals surface area contributed by atoms with Gasteiger partial charge in [0.25, 0.3) is 0 Å². The van der Waals surface area contributed by atoms with E-state index < -0.39 is 0 Å². The number of nitrogens with one attached hydrogen (secondary N) is 2. The van der Waals surface area contributed by atoms with Crippen molar-refractivity contribution in [2.75, 3.05) is 6.54 Å². The predicted octanol–water partition coefficient (Wildman–Crippen LogP) is 2.66. The van der Waals surface area contributed by atoms with Crippen molar-refractivity contribution in [1.29, 1.82) is 0 Å². The van der Waals surface area contributed by atoms with Crippen LogP contribution in [-0.4, -0.2) is 33.3 Å². The fourth-order valence-corrected chi connectivity index (χ4v) is 3.81. The average molecular weight is 345 g/mol. The zero-order valence-corrected chi connectivity index (χ0v) is 15.6. The van der Waals surface area contributed by atoms with E-state index in [1.54, 1.807) is 0 Å². The lowest BCUT2D eigenvalue weighted by Crippen LogP contribution is -2.44. The number of aromatic nitrogens is 3. The third-order valence-electron chi connectivity index (χ3n) is 5.30. The van der Waals surface area contributed by atoms with Gasteiger partial charge in [0.2, 0.25) is 5.91 Å². The topological polar surface area (TPSA) is 71.8 Å². The zero-order chi connectivity index (χ0) is 17.6. The van der Waals surface area contributed by atoms with Crippen LogP contribution in [0.2, 0.25) is 0 Å². The third-order valence-corrected chi connectivity index (χ3v) is 5.30. The Morgan fingerprint density at radius 1 is 1.20 bits per heavy atom. The molecule has 1 aromatic heterocycles. The first-order valence-corrected chi connectivity index (χ1v) is 9.79. The number of aryl methyl sites for hydroxylation is 1. The van der Waals surface area contributed by atoms with Crippen LogP contribution in [0, 0.1) is 0 Å². The van der Waals surface area contributed by atoms with Gasteiger partial charge in [0.05, 0.1) is 12.1 Å². The van der Waals surface area contributed by atoms with Crippen molar-refractivity contribution in [1.82, 2.24) is 25.4 Å². The van der Waals surface area contributed by atoms with E-state index in [4.69, 9.17) is 0 Å². The van der Waals surface area contributed by atoms with Gasteiger partial charge in [-0.15, -0.1) is 10.2 Å². The molecule has 2 atom stereocenters. The Balaban J connectivity index is 1.46. The summed E-state index contributed by atoms with van der Waals surface area (Å²) in [5, 5.41) is 15.1. The highest BCUT2D eigenvalue weighted by atomic mass is 16.2. The number of hydrogen-bond acceptors (Lipinski definition) is 4. The molecule has 1 aromatic rings. The summed E-state index contributed by atoms with van der Waals surface area (Å²) in [5.74, 6) is 2.08. The lowest BCUT2D eigenvalue weighted by molar-refractivity contribution is -0.122. The molecule has 0 spiro atoms. The lowest BCUT2D eigenvalue weighted by atomic mass is 9.97. The number of hydrogen-bond donors (Lipinski definition) is 2. The highest BCUT2D eigenvalue weighted by molar-refractivity contribution is 5.81. The number of carbonyl (C=O) groups is 1. The van der Waals surface area contributed by atoms with Crippen molar-refractivity contribution < 1.29 is 4.79 Å². The second-order valence-electron chi connectivity index (χ2n) is 7.34. The van der Waals surface area contributed by atoms with Gasteiger partial charge in [0.15, 0.2) is 0 Å². The molecule has 2 aliphatic rings. The minimum Gasteiger partial charge on any atom is -0.354 e. The predicted molar refractivity (Wildman–Crippen MR) is 98.2 cm³/mol. The molecular formula is C19H31N5O. The molecule has 25 heavy (non-hydrogen) atoms. The van der Waals surface area contributed by atoms with Crippen LogP contribution in [0.25, 0.3) is 0 Å². The van der Waals surface area contributed by atoms with Crippen LogP contribution in [0.5, 0.6) is 0 Å². The van der Waals surface area contributed by atoms with Crippen molar-refractivity contribution >= 4 is 5.91 Å². The molecule has 1 aliphatic carbocycles. The molecule has 0 fully saturated rings. The Labute approximate surface area is 150 Å². The zero-order valence-electron chi connectivity index (χ0n) is 15.6. The maximum Gasteiger partial charge on any atom is 0.236 e.